The lowest BCUT2D eigenvalue weighted by molar-refractivity contribution is 0.606. The molecule has 0 unspecified atom stereocenters. The first-order valence-corrected chi connectivity index (χ1v) is 6.05. The summed E-state index contributed by atoms with van der Waals surface area (Å²) < 4.78 is 13.7. The summed E-state index contributed by atoms with van der Waals surface area (Å²) in [6.07, 6.45) is 1.68. The number of pyridine rings is 1. The molecule has 0 spiro atoms. The van der Waals surface area contributed by atoms with Crippen molar-refractivity contribution in [2.75, 3.05) is 5.43 Å². The normalized spacial score (nSPS) is 10.8. The Labute approximate surface area is 114 Å². The van der Waals surface area contributed by atoms with Crippen LogP contribution in [0, 0.1) is 12.7 Å². The SMILES string of the molecule is Cc1nc(-c2nccc3ccccc23)nc(NN)c1F. The molecule has 0 saturated heterocycles. The van der Waals surface area contributed by atoms with Gasteiger partial charge in [0, 0.05) is 11.6 Å². The summed E-state index contributed by atoms with van der Waals surface area (Å²) in [5.74, 6) is 5.02. The number of fused-ring (bicyclic) bond motifs is 1. The van der Waals surface area contributed by atoms with Crippen LogP contribution in [0.25, 0.3) is 22.3 Å². The van der Waals surface area contributed by atoms with Gasteiger partial charge in [0.15, 0.2) is 17.5 Å². The summed E-state index contributed by atoms with van der Waals surface area (Å²) in [5.41, 5.74) is 3.06. The monoisotopic (exact) mass is 269 g/mol. The zero-order chi connectivity index (χ0) is 14.1. The number of benzene rings is 1. The summed E-state index contributed by atoms with van der Waals surface area (Å²) in [6.45, 7) is 1.56. The maximum absolute atomic E-state index is 13.7. The van der Waals surface area contributed by atoms with E-state index in [0.29, 0.717) is 11.5 Å². The third-order valence-electron chi connectivity index (χ3n) is 3.04. The van der Waals surface area contributed by atoms with Crippen molar-refractivity contribution in [2.24, 2.45) is 5.84 Å². The zero-order valence-corrected chi connectivity index (χ0v) is 10.8. The Balaban J connectivity index is 2.28. The van der Waals surface area contributed by atoms with Crippen LogP contribution in [0.15, 0.2) is 36.5 Å². The van der Waals surface area contributed by atoms with Gasteiger partial charge in [0.25, 0.3) is 0 Å². The number of nitrogen functional groups attached to an aromatic ring is 1. The van der Waals surface area contributed by atoms with Crippen molar-refractivity contribution in [1.82, 2.24) is 15.0 Å². The molecule has 2 heterocycles. The van der Waals surface area contributed by atoms with Crippen LogP contribution < -0.4 is 11.3 Å². The minimum atomic E-state index is -0.559. The van der Waals surface area contributed by atoms with E-state index in [9.17, 15) is 4.39 Å². The predicted octanol–water partition coefficient (Wildman–Crippen LogP) is 2.42. The van der Waals surface area contributed by atoms with Gasteiger partial charge >= 0.3 is 0 Å². The molecular weight excluding hydrogens is 257 g/mol. The number of anilines is 1. The first-order valence-electron chi connectivity index (χ1n) is 6.05. The number of hydrogen-bond donors (Lipinski definition) is 2. The highest BCUT2D eigenvalue weighted by Gasteiger charge is 2.14. The summed E-state index contributed by atoms with van der Waals surface area (Å²) in [5, 5.41) is 1.93. The molecule has 0 saturated carbocycles. The lowest BCUT2D eigenvalue weighted by atomic mass is 10.1. The predicted molar refractivity (Wildman–Crippen MR) is 75.3 cm³/mol. The molecular formula is C14H12FN5. The van der Waals surface area contributed by atoms with Crippen molar-refractivity contribution in [1.29, 1.82) is 0 Å². The van der Waals surface area contributed by atoms with Gasteiger partial charge in [0.2, 0.25) is 0 Å². The van der Waals surface area contributed by atoms with Crippen LogP contribution in [0.5, 0.6) is 0 Å². The minimum Gasteiger partial charge on any atom is -0.306 e. The number of nitrogens with two attached hydrogens (primary N) is 1. The highest BCUT2D eigenvalue weighted by Crippen LogP contribution is 2.25. The lowest BCUT2D eigenvalue weighted by Crippen LogP contribution is -2.13. The van der Waals surface area contributed by atoms with Crippen LogP contribution in [-0.2, 0) is 0 Å². The summed E-state index contributed by atoms with van der Waals surface area (Å²) >= 11 is 0. The van der Waals surface area contributed by atoms with Crippen LogP contribution in [-0.4, -0.2) is 15.0 Å². The number of nitrogens with zero attached hydrogens (tertiary/aromatic N) is 3. The number of halogens is 1. The fourth-order valence-electron chi connectivity index (χ4n) is 2.06. The summed E-state index contributed by atoms with van der Waals surface area (Å²) in [6, 6.07) is 9.65. The molecule has 0 fully saturated rings. The number of aromatic nitrogens is 3. The summed E-state index contributed by atoms with van der Waals surface area (Å²) in [4.78, 5) is 12.6. The lowest BCUT2D eigenvalue weighted by Gasteiger charge is -2.08. The Bertz CT molecular complexity index is 782. The smallest absolute Gasteiger partial charge is 0.187 e. The fourth-order valence-corrected chi connectivity index (χ4v) is 2.06. The molecule has 0 aliphatic heterocycles. The van der Waals surface area contributed by atoms with Gasteiger partial charge in [-0.2, -0.15) is 0 Å². The van der Waals surface area contributed by atoms with Crippen molar-refractivity contribution in [3.05, 3.63) is 48.0 Å². The van der Waals surface area contributed by atoms with Crippen molar-refractivity contribution in [2.45, 2.75) is 6.92 Å². The Hall–Kier alpha value is -2.60. The van der Waals surface area contributed by atoms with Crippen LogP contribution in [0.4, 0.5) is 10.2 Å². The largest absolute Gasteiger partial charge is 0.306 e. The average molecular weight is 269 g/mol. The second kappa shape index (κ2) is 4.82. The fraction of sp³-hybridized carbons (Fsp3) is 0.0714. The van der Waals surface area contributed by atoms with E-state index < -0.39 is 5.82 Å². The molecule has 5 nitrogen and oxygen atoms in total. The van der Waals surface area contributed by atoms with Gasteiger partial charge in [-0.1, -0.05) is 24.3 Å². The maximum Gasteiger partial charge on any atom is 0.187 e. The maximum atomic E-state index is 13.7. The first-order chi connectivity index (χ1) is 9.70. The average Bonchev–Trinajstić information content (AvgIpc) is 2.49. The van der Waals surface area contributed by atoms with Gasteiger partial charge in [-0.25, -0.2) is 20.2 Å². The van der Waals surface area contributed by atoms with E-state index >= 15 is 0 Å². The van der Waals surface area contributed by atoms with E-state index in [1.54, 1.807) is 13.1 Å². The molecule has 0 atom stereocenters. The molecule has 3 N–H and O–H groups in total. The number of hydrazine groups is 1. The number of nitrogens with one attached hydrogen (secondary N) is 1. The van der Waals surface area contributed by atoms with Crippen LogP contribution in [0.2, 0.25) is 0 Å². The van der Waals surface area contributed by atoms with Crippen LogP contribution >= 0.6 is 0 Å². The molecule has 2 aromatic heterocycles. The molecule has 100 valence electrons. The van der Waals surface area contributed by atoms with Crippen molar-refractivity contribution < 1.29 is 4.39 Å². The topological polar surface area (TPSA) is 76.7 Å². The van der Waals surface area contributed by atoms with E-state index in [1.807, 2.05) is 30.3 Å². The van der Waals surface area contributed by atoms with Gasteiger partial charge in [0.05, 0.1) is 5.69 Å². The van der Waals surface area contributed by atoms with Crippen molar-refractivity contribution in [3.8, 4) is 11.5 Å². The van der Waals surface area contributed by atoms with E-state index in [-0.39, 0.29) is 11.5 Å². The van der Waals surface area contributed by atoms with Gasteiger partial charge in [0.1, 0.15) is 5.69 Å². The number of hydrogen-bond acceptors (Lipinski definition) is 5. The van der Waals surface area contributed by atoms with Crippen LogP contribution in [0.3, 0.4) is 0 Å². The third-order valence-corrected chi connectivity index (χ3v) is 3.04. The number of aryl methyl sites for hydroxylation is 1. The van der Waals surface area contributed by atoms with Crippen molar-refractivity contribution in [3.63, 3.8) is 0 Å². The third kappa shape index (κ3) is 1.96. The standard InChI is InChI=1S/C14H12FN5/c1-8-11(15)13(20-16)19-14(18-8)12-10-5-3-2-4-9(10)6-7-17-12/h2-7H,16H2,1H3,(H,18,19,20). The quantitative estimate of drug-likeness (QED) is 0.552. The Morgan fingerprint density at radius 1 is 1.15 bits per heavy atom. The molecule has 0 radical (unpaired) electrons. The van der Waals surface area contributed by atoms with E-state index in [2.05, 4.69) is 20.4 Å². The summed E-state index contributed by atoms with van der Waals surface area (Å²) in [7, 11) is 0. The van der Waals surface area contributed by atoms with Gasteiger partial charge in [-0.15, -0.1) is 0 Å². The molecule has 0 aliphatic rings. The molecule has 20 heavy (non-hydrogen) atoms. The highest BCUT2D eigenvalue weighted by molar-refractivity contribution is 5.92. The molecule has 0 bridgehead atoms. The molecule has 0 amide bonds. The van der Waals surface area contributed by atoms with E-state index in [1.165, 1.54) is 0 Å². The zero-order valence-electron chi connectivity index (χ0n) is 10.8. The molecule has 1 aromatic carbocycles. The number of rotatable bonds is 2. The molecule has 3 aromatic rings. The van der Waals surface area contributed by atoms with Crippen LogP contribution in [0.1, 0.15) is 5.69 Å². The van der Waals surface area contributed by atoms with Gasteiger partial charge < -0.3 is 5.43 Å². The second-order valence-electron chi connectivity index (χ2n) is 4.32. The highest BCUT2D eigenvalue weighted by atomic mass is 19.1. The van der Waals surface area contributed by atoms with Gasteiger partial charge in [-0.3, -0.25) is 4.98 Å². The first kappa shape index (κ1) is 12.4. The van der Waals surface area contributed by atoms with E-state index in [0.717, 1.165) is 10.8 Å². The van der Waals surface area contributed by atoms with E-state index in [4.69, 9.17) is 5.84 Å². The Morgan fingerprint density at radius 3 is 2.75 bits per heavy atom. The minimum absolute atomic E-state index is 0.0396. The van der Waals surface area contributed by atoms with Crippen molar-refractivity contribution >= 4 is 16.6 Å². The van der Waals surface area contributed by atoms with Gasteiger partial charge in [-0.05, 0) is 18.4 Å². The Kier molecular flexibility index (Phi) is 3.00. The molecule has 6 heteroatoms. The molecule has 0 aliphatic carbocycles. The molecule has 3 rings (SSSR count). The Morgan fingerprint density at radius 2 is 1.95 bits per heavy atom. The second-order valence-corrected chi connectivity index (χ2v) is 4.32.